The van der Waals surface area contributed by atoms with Gasteiger partial charge < -0.3 is 0 Å². The summed E-state index contributed by atoms with van der Waals surface area (Å²) in [5.41, 5.74) is 0.534. The van der Waals surface area contributed by atoms with Crippen LogP contribution in [0, 0.1) is 6.92 Å². The first-order chi connectivity index (χ1) is 11.9. The van der Waals surface area contributed by atoms with Crippen LogP contribution in [0.4, 0.5) is 27.6 Å². The van der Waals surface area contributed by atoms with Crippen LogP contribution in [0.25, 0.3) is 0 Å². The molecule has 1 saturated heterocycles. The molecule has 0 aliphatic carbocycles. The SMILES string of the molecule is Cc1ccc(N=C2SCC(=O)N2CC(C)(F)F)cc1S(=O)CC(F)(F)F. The first-order valence-corrected chi connectivity index (χ1v) is 9.62. The van der Waals surface area contributed by atoms with E-state index in [1.807, 2.05) is 0 Å². The summed E-state index contributed by atoms with van der Waals surface area (Å²) >= 11 is 0.960. The first kappa shape index (κ1) is 20.8. The number of rotatable bonds is 5. The number of hydrogen-bond acceptors (Lipinski definition) is 4. The predicted molar refractivity (Wildman–Crippen MR) is 90.4 cm³/mol. The van der Waals surface area contributed by atoms with E-state index < -0.39 is 41.1 Å². The topological polar surface area (TPSA) is 49.7 Å². The molecular formula is C15H15F5N2O2S2. The number of aryl methyl sites for hydroxylation is 1. The van der Waals surface area contributed by atoms with Crippen molar-refractivity contribution < 1.29 is 31.0 Å². The van der Waals surface area contributed by atoms with Crippen LogP contribution in [0.3, 0.4) is 0 Å². The molecule has 1 unspecified atom stereocenters. The minimum atomic E-state index is -4.59. The van der Waals surface area contributed by atoms with Crippen molar-refractivity contribution in [3.05, 3.63) is 23.8 Å². The summed E-state index contributed by atoms with van der Waals surface area (Å²) in [7, 11) is -2.31. The van der Waals surface area contributed by atoms with Crippen molar-refractivity contribution in [2.45, 2.75) is 30.8 Å². The number of thioether (sulfide) groups is 1. The van der Waals surface area contributed by atoms with Crippen LogP contribution in [0.15, 0.2) is 28.1 Å². The molecule has 26 heavy (non-hydrogen) atoms. The van der Waals surface area contributed by atoms with E-state index in [2.05, 4.69) is 4.99 Å². The summed E-state index contributed by atoms with van der Waals surface area (Å²) in [5, 5.41) is 0.0351. The molecule has 1 aliphatic heterocycles. The van der Waals surface area contributed by atoms with Gasteiger partial charge in [0.2, 0.25) is 5.91 Å². The molecule has 0 spiro atoms. The van der Waals surface area contributed by atoms with E-state index in [1.54, 1.807) is 0 Å². The average Bonchev–Trinajstić information content (AvgIpc) is 2.78. The number of amidine groups is 1. The van der Waals surface area contributed by atoms with Crippen molar-refractivity contribution in [1.29, 1.82) is 0 Å². The third-order valence-electron chi connectivity index (χ3n) is 3.23. The van der Waals surface area contributed by atoms with E-state index in [4.69, 9.17) is 0 Å². The van der Waals surface area contributed by atoms with Crippen molar-refractivity contribution in [2.24, 2.45) is 4.99 Å². The lowest BCUT2D eigenvalue weighted by molar-refractivity contribution is -0.127. The van der Waals surface area contributed by atoms with Gasteiger partial charge in [-0.3, -0.25) is 13.9 Å². The van der Waals surface area contributed by atoms with Crippen LogP contribution in [0.5, 0.6) is 0 Å². The van der Waals surface area contributed by atoms with Crippen molar-refractivity contribution in [3.8, 4) is 0 Å². The maximum Gasteiger partial charge on any atom is 0.400 e. The molecule has 0 N–H and O–H groups in total. The molecule has 0 aromatic heterocycles. The predicted octanol–water partition coefficient (Wildman–Crippen LogP) is 3.88. The van der Waals surface area contributed by atoms with Crippen LogP contribution in [-0.4, -0.2) is 50.3 Å². The molecule has 1 heterocycles. The van der Waals surface area contributed by atoms with Gasteiger partial charge in [-0.05, 0) is 24.6 Å². The summed E-state index contributed by atoms with van der Waals surface area (Å²) < 4.78 is 75.8. The number of alkyl halides is 5. The van der Waals surface area contributed by atoms with Gasteiger partial charge in [-0.25, -0.2) is 13.8 Å². The zero-order valence-corrected chi connectivity index (χ0v) is 15.4. The second kappa shape index (κ2) is 7.63. The molecule has 0 radical (unpaired) electrons. The van der Waals surface area contributed by atoms with Crippen LogP contribution >= 0.6 is 11.8 Å². The normalized spacial score (nSPS) is 18.7. The van der Waals surface area contributed by atoms with Crippen molar-refractivity contribution >= 4 is 39.3 Å². The Morgan fingerprint density at radius 2 is 1.92 bits per heavy atom. The number of aliphatic imine (C=N–C) groups is 1. The van der Waals surface area contributed by atoms with Gasteiger partial charge >= 0.3 is 6.18 Å². The molecule has 0 saturated carbocycles. The summed E-state index contributed by atoms with van der Waals surface area (Å²) in [6.07, 6.45) is -4.59. The van der Waals surface area contributed by atoms with Crippen LogP contribution in [0.2, 0.25) is 0 Å². The lowest BCUT2D eigenvalue weighted by atomic mass is 10.2. The Labute approximate surface area is 153 Å². The van der Waals surface area contributed by atoms with Gasteiger partial charge in [-0.1, -0.05) is 17.8 Å². The Morgan fingerprint density at radius 1 is 1.27 bits per heavy atom. The summed E-state index contributed by atoms with van der Waals surface area (Å²) in [6.45, 7) is 1.35. The van der Waals surface area contributed by atoms with E-state index in [9.17, 15) is 31.0 Å². The molecule has 4 nitrogen and oxygen atoms in total. The van der Waals surface area contributed by atoms with Crippen molar-refractivity contribution in [1.82, 2.24) is 4.90 Å². The molecular weight excluding hydrogens is 399 g/mol. The minimum Gasteiger partial charge on any atom is -0.284 e. The molecule has 2 rings (SSSR count). The van der Waals surface area contributed by atoms with E-state index in [0.29, 0.717) is 12.5 Å². The van der Waals surface area contributed by atoms with Gasteiger partial charge in [0.1, 0.15) is 5.75 Å². The first-order valence-electron chi connectivity index (χ1n) is 7.31. The average molecular weight is 414 g/mol. The number of carbonyl (C=O) groups is 1. The van der Waals surface area contributed by atoms with Crippen molar-refractivity contribution in [2.75, 3.05) is 18.1 Å². The highest BCUT2D eigenvalue weighted by atomic mass is 32.2. The number of benzene rings is 1. The van der Waals surface area contributed by atoms with Gasteiger partial charge in [0, 0.05) is 11.8 Å². The highest BCUT2D eigenvalue weighted by Gasteiger charge is 2.36. The molecule has 1 fully saturated rings. The smallest absolute Gasteiger partial charge is 0.284 e. The molecule has 1 amide bonds. The highest BCUT2D eigenvalue weighted by molar-refractivity contribution is 8.15. The fourth-order valence-electron chi connectivity index (χ4n) is 2.16. The van der Waals surface area contributed by atoms with E-state index >= 15 is 0 Å². The molecule has 11 heteroatoms. The lowest BCUT2D eigenvalue weighted by Gasteiger charge is -2.20. The summed E-state index contributed by atoms with van der Waals surface area (Å²) in [6, 6.07) is 4.13. The molecule has 1 atom stereocenters. The second-order valence-electron chi connectivity index (χ2n) is 5.79. The van der Waals surface area contributed by atoms with E-state index in [1.165, 1.54) is 25.1 Å². The zero-order chi connectivity index (χ0) is 19.7. The zero-order valence-electron chi connectivity index (χ0n) is 13.8. The number of amides is 1. The van der Waals surface area contributed by atoms with Gasteiger partial charge in [-0.2, -0.15) is 13.2 Å². The van der Waals surface area contributed by atoms with Crippen LogP contribution < -0.4 is 0 Å². The van der Waals surface area contributed by atoms with Crippen molar-refractivity contribution in [3.63, 3.8) is 0 Å². The summed E-state index contributed by atoms with van der Waals surface area (Å²) in [4.78, 5) is 16.7. The monoisotopic (exact) mass is 414 g/mol. The van der Waals surface area contributed by atoms with E-state index in [0.717, 1.165) is 16.7 Å². The number of nitrogens with zero attached hydrogens (tertiary/aromatic N) is 2. The van der Waals surface area contributed by atoms with Gasteiger partial charge in [0.05, 0.1) is 28.8 Å². The Kier molecular flexibility index (Phi) is 6.11. The third-order valence-corrected chi connectivity index (χ3v) is 5.71. The van der Waals surface area contributed by atoms with Crippen LogP contribution in [0.1, 0.15) is 12.5 Å². The molecule has 1 aromatic carbocycles. The molecule has 1 aromatic rings. The second-order valence-corrected chi connectivity index (χ2v) is 8.15. The highest BCUT2D eigenvalue weighted by Crippen LogP contribution is 2.29. The molecule has 1 aliphatic rings. The number of hydrogen-bond donors (Lipinski definition) is 0. The Hall–Kier alpha value is -1.49. The maximum atomic E-state index is 13.2. The molecule has 0 bridgehead atoms. The third kappa shape index (κ3) is 5.76. The Balaban J connectivity index is 2.31. The minimum absolute atomic E-state index is 0.0351. The maximum absolute atomic E-state index is 13.2. The lowest BCUT2D eigenvalue weighted by Crippen LogP contribution is -2.38. The summed E-state index contributed by atoms with van der Waals surface area (Å²) in [5.74, 6) is -5.18. The fourth-order valence-corrected chi connectivity index (χ4v) is 4.19. The molecule has 144 valence electrons. The van der Waals surface area contributed by atoms with Crippen LogP contribution in [-0.2, 0) is 15.6 Å². The quantitative estimate of drug-likeness (QED) is 0.687. The van der Waals surface area contributed by atoms with Gasteiger partial charge in [0.25, 0.3) is 5.92 Å². The Bertz CT molecular complexity index is 759. The van der Waals surface area contributed by atoms with Gasteiger partial charge in [-0.15, -0.1) is 0 Å². The fraction of sp³-hybridized carbons (Fsp3) is 0.467. The Morgan fingerprint density at radius 3 is 2.50 bits per heavy atom. The standard InChI is InChI=1S/C15H15F5N2O2S2/c1-9-3-4-10(5-11(9)26(24)8-15(18,19)20)21-13-22(7-14(2,16)17)12(23)6-25-13/h3-5H,6-8H2,1-2H3. The number of halogens is 5. The largest absolute Gasteiger partial charge is 0.400 e. The van der Waals surface area contributed by atoms with E-state index in [-0.39, 0.29) is 21.5 Å². The number of carbonyl (C=O) groups excluding carboxylic acids is 1. The van der Waals surface area contributed by atoms with Gasteiger partial charge in [0.15, 0.2) is 5.17 Å².